The number of piperazine rings is 1. The fraction of sp³-hybridized carbons (Fsp3) is 0.786. The average Bonchev–Trinajstić information content (AvgIpc) is 3.01. The topological polar surface area (TPSA) is 70.6 Å². The number of carbonyl (C=O) groups excluding carboxylic acids is 1. The van der Waals surface area contributed by atoms with Crippen LogP contribution in [0.2, 0.25) is 0 Å². The number of ether oxygens (including phenoxy) is 1. The van der Waals surface area contributed by atoms with Crippen LogP contribution in [0.5, 0.6) is 0 Å². The van der Waals surface area contributed by atoms with Crippen molar-refractivity contribution < 1.29 is 9.53 Å². The fourth-order valence-corrected chi connectivity index (χ4v) is 3.16. The van der Waals surface area contributed by atoms with Crippen LogP contribution in [-0.2, 0) is 9.53 Å². The Morgan fingerprint density at radius 2 is 2.36 bits per heavy atom. The maximum Gasteiger partial charge on any atom is 0.240 e. The van der Waals surface area contributed by atoms with Gasteiger partial charge in [0.25, 0.3) is 0 Å². The Morgan fingerprint density at radius 3 is 3.05 bits per heavy atom. The summed E-state index contributed by atoms with van der Waals surface area (Å²) in [4.78, 5) is 16.7. The molecule has 1 aromatic rings. The summed E-state index contributed by atoms with van der Waals surface area (Å²) < 4.78 is 5.45. The molecule has 0 unspecified atom stereocenters. The zero-order chi connectivity index (χ0) is 15.8. The van der Waals surface area contributed by atoms with Crippen molar-refractivity contribution in [3.8, 4) is 0 Å². The second-order valence-electron chi connectivity index (χ2n) is 5.32. The first-order valence-corrected chi connectivity index (χ1v) is 8.71. The summed E-state index contributed by atoms with van der Waals surface area (Å²) >= 11 is 1.34. The molecule has 0 aromatic carbocycles. The third-order valence-corrected chi connectivity index (χ3v) is 4.47. The Bertz CT molecular complexity index is 442. The van der Waals surface area contributed by atoms with Crippen molar-refractivity contribution in [1.29, 1.82) is 0 Å². The molecular formula is C14H25N5O2S. The molecular weight excluding hydrogens is 302 g/mol. The Morgan fingerprint density at radius 1 is 1.50 bits per heavy atom. The van der Waals surface area contributed by atoms with Crippen LogP contribution in [0.15, 0.2) is 5.51 Å². The van der Waals surface area contributed by atoms with Gasteiger partial charge in [0.2, 0.25) is 11.0 Å². The number of anilines is 1. The van der Waals surface area contributed by atoms with E-state index in [0.29, 0.717) is 17.7 Å². The number of hydrogen-bond acceptors (Lipinski definition) is 7. The SMILES string of the molecule is CCOCCN1CCN(CC(=O)Nc2nncs2)C[C@@H]1CC. The highest BCUT2D eigenvalue weighted by Crippen LogP contribution is 2.13. The number of rotatable bonds is 8. The maximum absolute atomic E-state index is 12.0. The predicted molar refractivity (Wildman–Crippen MR) is 87.1 cm³/mol. The van der Waals surface area contributed by atoms with Crippen LogP contribution < -0.4 is 5.32 Å². The largest absolute Gasteiger partial charge is 0.380 e. The first kappa shape index (κ1) is 17.3. The van der Waals surface area contributed by atoms with E-state index in [9.17, 15) is 4.79 Å². The first-order chi connectivity index (χ1) is 10.7. The molecule has 1 aliphatic rings. The number of carbonyl (C=O) groups is 1. The molecule has 124 valence electrons. The normalized spacial score (nSPS) is 20.2. The van der Waals surface area contributed by atoms with E-state index in [-0.39, 0.29) is 5.91 Å². The van der Waals surface area contributed by atoms with E-state index >= 15 is 0 Å². The van der Waals surface area contributed by atoms with Gasteiger partial charge >= 0.3 is 0 Å². The number of hydrogen-bond donors (Lipinski definition) is 1. The van der Waals surface area contributed by atoms with Gasteiger partial charge in [0.15, 0.2) is 0 Å². The highest BCUT2D eigenvalue weighted by Gasteiger charge is 2.26. The summed E-state index contributed by atoms with van der Waals surface area (Å²) in [5, 5.41) is 10.9. The van der Waals surface area contributed by atoms with Crippen LogP contribution in [0.25, 0.3) is 0 Å². The van der Waals surface area contributed by atoms with E-state index in [1.54, 1.807) is 5.51 Å². The average molecular weight is 327 g/mol. The smallest absolute Gasteiger partial charge is 0.240 e. The zero-order valence-corrected chi connectivity index (χ0v) is 14.1. The van der Waals surface area contributed by atoms with E-state index in [0.717, 1.165) is 45.8 Å². The summed E-state index contributed by atoms with van der Waals surface area (Å²) in [5.41, 5.74) is 1.61. The highest BCUT2D eigenvalue weighted by molar-refractivity contribution is 7.13. The molecule has 0 aliphatic carbocycles. The molecule has 0 bridgehead atoms. The van der Waals surface area contributed by atoms with Gasteiger partial charge in [-0.05, 0) is 13.3 Å². The molecule has 7 nitrogen and oxygen atoms in total. The molecule has 0 radical (unpaired) electrons. The van der Waals surface area contributed by atoms with Crippen LogP contribution in [0, 0.1) is 0 Å². The first-order valence-electron chi connectivity index (χ1n) is 7.83. The fourth-order valence-electron chi connectivity index (χ4n) is 2.70. The zero-order valence-electron chi connectivity index (χ0n) is 13.3. The molecule has 2 heterocycles. The molecule has 0 saturated carbocycles. The van der Waals surface area contributed by atoms with E-state index in [2.05, 4.69) is 32.2 Å². The van der Waals surface area contributed by atoms with Crippen molar-refractivity contribution in [2.75, 3.05) is 51.3 Å². The van der Waals surface area contributed by atoms with Crippen molar-refractivity contribution in [3.05, 3.63) is 5.51 Å². The van der Waals surface area contributed by atoms with E-state index in [1.165, 1.54) is 11.3 Å². The lowest BCUT2D eigenvalue weighted by atomic mass is 10.1. The lowest BCUT2D eigenvalue weighted by Crippen LogP contribution is -2.54. The van der Waals surface area contributed by atoms with Gasteiger partial charge in [-0.15, -0.1) is 10.2 Å². The summed E-state index contributed by atoms with van der Waals surface area (Å²) in [6.07, 6.45) is 1.08. The van der Waals surface area contributed by atoms with Gasteiger partial charge < -0.3 is 4.74 Å². The summed E-state index contributed by atoms with van der Waals surface area (Å²) in [7, 11) is 0. The van der Waals surface area contributed by atoms with Gasteiger partial charge in [-0.1, -0.05) is 18.3 Å². The Kier molecular flexibility index (Phi) is 7.17. The van der Waals surface area contributed by atoms with E-state index in [1.807, 2.05) is 6.92 Å². The van der Waals surface area contributed by atoms with Gasteiger partial charge in [0, 0.05) is 38.8 Å². The second kappa shape index (κ2) is 9.14. The number of aromatic nitrogens is 2. The van der Waals surface area contributed by atoms with E-state index in [4.69, 9.17) is 4.74 Å². The van der Waals surface area contributed by atoms with Crippen molar-refractivity contribution in [2.24, 2.45) is 0 Å². The molecule has 1 amide bonds. The minimum Gasteiger partial charge on any atom is -0.380 e. The molecule has 1 aromatic heterocycles. The van der Waals surface area contributed by atoms with Gasteiger partial charge in [-0.2, -0.15) is 0 Å². The molecule has 8 heteroatoms. The van der Waals surface area contributed by atoms with Crippen LogP contribution in [0.4, 0.5) is 5.13 Å². The van der Waals surface area contributed by atoms with Crippen molar-refractivity contribution in [1.82, 2.24) is 20.0 Å². The molecule has 1 atom stereocenters. The molecule has 22 heavy (non-hydrogen) atoms. The monoisotopic (exact) mass is 327 g/mol. The van der Waals surface area contributed by atoms with Gasteiger partial charge in [-0.25, -0.2) is 0 Å². The number of amides is 1. The molecule has 1 fully saturated rings. The minimum atomic E-state index is -0.0191. The summed E-state index contributed by atoms with van der Waals surface area (Å²) in [6, 6.07) is 0.489. The molecule has 2 rings (SSSR count). The third kappa shape index (κ3) is 5.28. The Labute approximate surface area is 135 Å². The molecule has 0 spiro atoms. The van der Waals surface area contributed by atoms with Crippen molar-refractivity contribution in [2.45, 2.75) is 26.3 Å². The standard InChI is InChI=1S/C14H25N5O2S/c1-3-12-9-18(5-6-19(12)7-8-21-4-2)10-13(20)16-14-17-15-11-22-14/h11-12H,3-10H2,1-2H3,(H,16,17,20)/t12-/m0/s1. The molecule has 1 N–H and O–H groups in total. The van der Waals surface area contributed by atoms with Crippen molar-refractivity contribution >= 4 is 22.4 Å². The Hall–Kier alpha value is -1.09. The number of nitrogens with one attached hydrogen (secondary N) is 1. The van der Waals surface area contributed by atoms with Gasteiger partial charge in [-0.3, -0.25) is 19.9 Å². The summed E-state index contributed by atoms with van der Waals surface area (Å²) in [5.74, 6) is -0.0191. The highest BCUT2D eigenvalue weighted by atomic mass is 32.1. The quantitative estimate of drug-likeness (QED) is 0.716. The van der Waals surface area contributed by atoms with Crippen LogP contribution in [0.1, 0.15) is 20.3 Å². The molecule has 1 saturated heterocycles. The van der Waals surface area contributed by atoms with Crippen LogP contribution in [0.3, 0.4) is 0 Å². The minimum absolute atomic E-state index is 0.0191. The van der Waals surface area contributed by atoms with Gasteiger partial charge in [0.05, 0.1) is 13.2 Å². The lowest BCUT2D eigenvalue weighted by molar-refractivity contribution is -0.118. The number of nitrogens with zero attached hydrogens (tertiary/aromatic N) is 4. The Balaban J connectivity index is 1.76. The van der Waals surface area contributed by atoms with Crippen LogP contribution >= 0.6 is 11.3 Å². The maximum atomic E-state index is 12.0. The van der Waals surface area contributed by atoms with E-state index < -0.39 is 0 Å². The lowest BCUT2D eigenvalue weighted by Gasteiger charge is -2.40. The second-order valence-corrected chi connectivity index (χ2v) is 6.16. The van der Waals surface area contributed by atoms with Crippen molar-refractivity contribution in [3.63, 3.8) is 0 Å². The van der Waals surface area contributed by atoms with Gasteiger partial charge in [0.1, 0.15) is 5.51 Å². The molecule has 1 aliphatic heterocycles. The summed E-state index contributed by atoms with van der Waals surface area (Å²) in [6.45, 7) is 9.96. The van der Waals surface area contributed by atoms with Crippen LogP contribution in [-0.4, -0.2) is 77.9 Å². The predicted octanol–water partition coefficient (Wildman–Crippen LogP) is 0.909. The third-order valence-electron chi connectivity index (χ3n) is 3.86.